The van der Waals surface area contributed by atoms with Crippen molar-refractivity contribution in [1.29, 1.82) is 0 Å². The molecule has 5 rings (SSSR count). The molecule has 4 N–H and O–H groups in total. The molecule has 0 aliphatic carbocycles. The normalized spacial score (nSPS) is 16.0. The second kappa shape index (κ2) is 11.8. The van der Waals surface area contributed by atoms with Gasteiger partial charge in [0.15, 0.2) is 0 Å². The topological polar surface area (TPSA) is 116 Å². The number of aliphatic hydroxyl groups is 1. The molecule has 1 aromatic heterocycles. The summed E-state index contributed by atoms with van der Waals surface area (Å²) in [5, 5.41) is 15.6. The summed E-state index contributed by atoms with van der Waals surface area (Å²) in [7, 11) is -1.18. The maximum atomic E-state index is 11.4. The first kappa shape index (κ1) is 27.3. The van der Waals surface area contributed by atoms with Crippen LogP contribution in [0.1, 0.15) is 18.4 Å². The first-order valence-corrected chi connectivity index (χ1v) is 15.1. The number of fused-ring (bicyclic) bond motifs is 3. The molecule has 39 heavy (non-hydrogen) atoms. The highest BCUT2D eigenvalue weighted by molar-refractivity contribution is 7.92. The number of sulfonamides is 1. The number of hydrogen-bond acceptors (Lipinski definition) is 7. The Morgan fingerprint density at radius 1 is 1.03 bits per heavy atom. The third kappa shape index (κ3) is 7.42. The van der Waals surface area contributed by atoms with Crippen LogP contribution in [-0.2, 0) is 16.4 Å². The van der Waals surface area contributed by atoms with Crippen LogP contribution in [0.15, 0.2) is 60.7 Å². The number of ether oxygens (including phenoxy) is 2. The molecule has 1 saturated heterocycles. The molecule has 208 valence electrons. The molecule has 2 heterocycles. The SMILES string of the molecule is CN1CCC(Oc2ccc3c(c2)[nH]c2cc(OCC(O)NCCc4cccc(NS(C)(=O)=O)c4)ccc23)CC1. The Hall–Kier alpha value is -3.31. The Bertz CT molecular complexity index is 1530. The van der Waals surface area contributed by atoms with Crippen molar-refractivity contribution in [2.45, 2.75) is 31.6 Å². The van der Waals surface area contributed by atoms with Crippen molar-refractivity contribution in [1.82, 2.24) is 15.2 Å². The number of benzene rings is 3. The molecule has 4 aromatic rings. The maximum absolute atomic E-state index is 11.4. The lowest BCUT2D eigenvalue weighted by atomic mass is 10.1. The fourth-order valence-electron chi connectivity index (χ4n) is 4.95. The van der Waals surface area contributed by atoms with Gasteiger partial charge in [0.1, 0.15) is 30.4 Å². The number of hydrogen-bond donors (Lipinski definition) is 4. The van der Waals surface area contributed by atoms with Crippen LogP contribution in [0.3, 0.4) is 0 Å². The van der Waals surface area contributed by atoms with Gasteiger partial charge in [-0.25, -0.2) is 8.42 Å². The third-order valence-corrected chi connectivity index (χ3v) is 7.55. The lowest BCUT2D eigenvalue weighted by molar-refractivity contribution is 0.0796. The van der Waals surface area contributed by atoms with E-state index in [0.29, 0.717) is 24.4 Å². The monoisotopic (exact) mass is 552 g/mol. The lowest BCUT2D eigenvalue weighted by Gasteiger charge is -2.29. The van der Waals surface area contributed by atoms with Crippen LogP contribution in [0.25, 0.3) is 21.8 Å². The van der Waals surface area contributed by atoms with Gasteiger partial charge in [0.25, 0.3) is 0 Å². The number of anilines is 1. The van der Waals surface area contributed by atoms with E-state index in [1.807, 2.05) is 30.3 Å². The van der Waals surface area contributed by atoms with Crippen molar-refractivity contribution >= 4 is 37.5 Å². The minimum atomic E-state index is -3.32. The van der Waals surface area contributed by atoms with Crippen LogP contribution in [0.5, 0.6) is 11.5 Å². The van der Waals surface area contributed by atoms with Crippen molar-refractivity contribution in [3.63, 3.8) is 0 Å². The molecule has 0 bridgehead atoms. The Kier molecular flexibility index (Phi) is 8.27. The molecule has 0 radical (unpaired) electrons. The molecule has 0 spiro atoms. The molecule has 1 aliphatic rings. The molecular formula is C29H36N4O5S. The molecule has 10 heteroatoms. The summed E-state index contributed by atoms with van der Waals surface area (Å²) < 4.78 is 37.4. The van der Waals surface area contributed by atoms with Crippen LogP contribution in [0, 0.1) is 0 Å². The molecule has 1 unspecified atom stereocenters. The van der Waals surface area contributed by atoms with E-state index in [9.17, 15) is 13.5 Å². The summed E-state index contributed by atoms with van der Waals surface area (Å²) in [5.74, 6) is 1.55. The third-order valence-electron chi connectivity index (χ3n) is 6.94. The van der Waals surface area contributed by atoms with Crippen LogP contribution in [0.2, 0.25) is 0 Å². The van der Waals surface area contributed by atoms with Crippen LogP contribution in [0.4, 0.5) is 5.69 Å². The summed E-state index contributed by atoms with van der Waals surface area (Å²) in [6.07, 6.45) is 3.24. The van der Waals surface area contributed by atoms with E-state index in [1.165, 1.54) is 0 Å². The molecule has 0 saturated carbocycles. The van der Waals surface area contributed by atoms with Gasteiger partial charge < -0.3 is 24.5 Å². The second-order valence-corrected chi connectivity index (χ2v) is 12.0. The quantitative estimate of drug-likeness (QED) is 0.210. The number of H-pyrrole nitrogens is 1. The van der Waals surface area contributed by atoms with E-state index in [-0.39, 0.29) is 12.7 Å². The summed E-state index contributed by atoms with van der Waals surface area (Å²) in [4.78, 5) is 5.80. The van der Waals surface area contributed by atoms with Gasteiger partial charge >= 0.3 is 0 Å². The molecule has 1 atom stereocenters. The summed E-state index contributed by atoms with van der Waals surface area (Å²) in [6.45, 7) is 2.72. The van der Waals surface area contributed by atoms with Crippen molar-refractivity contribution in [2.24, 2.45) is 0 Å². The number of aromatic nitrogens is 1. The predicted octanol–water partition coefficient (Wildman–Crippen LogP) is 3.70. The Morgan fingerprint density at radius 3 is 2.44 bits per heavy atom. The first-order chi connectivity index (χ1) is 18.7. The standard InChI is InChI=1S/C29H36N4O5S/c1-33-14-11-22(12-15-33)38-24-7-9-26-25-8-6-23(17-27(25)31-28(26)18-24)37-19-29(34)30-13-10-20-4-3-5-21(16-20)32-39(2,35)36/h3-9,16-18,22,29-32,34H,10-15,19H2,1-2H3. The molecule has 0 amide bonds. The van der Waals surface area contributed by atoms with Gasteiger partial charge in [0.05, 0.1) is 17.3 Å². The molecule has 3 aromatic carbocycles. The lowest BCUT2D eigenvalue weighted by Crippen LogP contribution is -2.35. The smallest absolute Gasteiger partial charge is 0.229 e. The van der Waals surface area contributed by atoms with Gasteiger partial charge in [-0.15, -0.1) is 0 Å². The number of nitrogens with one attached hydrogen (secondary N) is 3. The highest BCUT2D eigenvalue weighted by Crippen LogP contribution is 2.31. The number of nitrogens with zero attached hydrogens (tertiary/aromatic N) is 1. The Morgan fingerprint density at radius 2 is 1.72 bits per heavy atom. The minimum Gasteiger partial charge on any atom is -0.490 e. The Balaban J connectivity index is 1.14. The molecule has 1 aliphatic heterocycles. The van der Waals surface area contributed by atoms with Crippen molar-refractivity contribution in [3.8, 4) is 11.5 Å². The van der Waals surface area contributed by atoms with Crippen LogP contribution >= 0.6 is 0 Å². The maximum Gasteiger partial charge on any atom is 0.229 e. The Labute approximate surface area is 229 Å². The van der Waals surface area contributed by atoms with Crippen molar-refractivity contribution < 1.29 is 23.0 Å². The average molecular weight is 553 g/mol. The van der Waals surface area contributed by atoms with Crippen LogP contribution < -0.4 is 19.5 Å². The zero-order valence-corrected chi connectivity index (χ0v) is 23.1. The van der Waals surface area contributed by atoms with Gasteiger partial charge in [-0.3, -0.25) is 10.0 Å². The zero-order valence-electron chi connectivity index (χ0n) is 22.3. The van der Waals surface area contributed by atoms with Gasteiger partial charge in [0.2, 0.25) is 10.0 Å². The van der Waals surface area contributed by atoms with E-state index in [2.05, 4.69) is 39.1 Å². The fourth-order valence-corrected chi connectivity index (χ4v) is 5.50. The highest BCUT2D eigenvalue weighted by Gasteiger charge is 2.18. The van der Waals surface area contributed by atoms with Crippen molar-refractivity contribution in [2.75, 3.05) is 44.3 Å². The van der Waals surface area contributed by atoms with Crippen LogP contribution in [-0.4, -0.2) is 75.3 Å². The van der Waals surface area contributed by atoms with Crippen molar-refractivity contribution in [3.05, 3.63) is 66.2 Å². The largest absolute Gasteiger partial charge is 0.490 e. The number of likely N-dealkylation sites (tertiary alicyclic amines) is 1. The number of piperidine rings is 1. The van der Waals surface area contributed by atoms with Gasteiger partial charge in [-0.1, -0.05) is 12.1 Å². The first-order valence-electron chi connectivity index (χ1n) is 13.2. The summed E-state index contributed by atoms with van der Waals surface area (Å²) in [6, 6.07) is 19.3. The van der Waals surface area contributed by atoms with Gasteiger partial charge in [-0.2, -0.15) is 0 Å². The second-order valence-electron chi connectivity index (χ2n) is 10.3. The fraction of sp³-hybridized carbons (Fsp3) is 0.379. The van der Waals surface area contributed by atoms with E-state index in [1.54, 1.807) is 18.2 Å². The number of rotatable bonds is 11. The predicted molar refractivity (Wildman–Crippen MR) is 155 cm³/mol. The van der Waals surface area contributed by atoms with E-state index >= 15 is 0 Å². The van der Waals surface area contributed by atoms with E-state index in [0.717, 1.165) is 65.3 Å². The average Bonchev–Trinajstić information content (AvgIpc) is 3.25. The highest BCUT2D eigenvalue weighted by atomic mass is 32.2. The van der Waals surface area contributed by atoms with Gasteiger partial charge in [-0.05, 0) is 68.3 Å². The summed E-state index contributed by atoms with van der Waals surface area (Å²) >= 11 is 0. The van der Waals surface area contributed by atoms with Gasteiger partial charge in [0, 0.05) is 48.2 Å². The minimum absolute atomic E-state index is 0.0932. The van der Waals surface area contributed by atoms with E-state index in [4.69, 9.17) is 9.47 Å². The van der Waals surface area contributed by atoms with E-state index < -0.39 is 16.3 Å². The molecule has 9 nitrogen and oxygen atoms in total. The molecule has 1 fully saturated rings. The number of aromatic amines is 1. The molecular weight excluding hydrogens is 516 g/mol. The summed E-state index contributed by atoms with van der Waals surface area (Å²) in [5.41, 5.74) is 3.45. The zero-order chi connectivity index (χ0) is 27.4. The number of aliphatic hydroxyl groups excluding tert-OH is 1.